The van der Waals surface area contributed by atoms with Crippen LogP contribution in [0.4, 0.5) is 0 Å². The van der Waals surface area contributed by atoms with Gasteiger partial charge in [-0.25, -0.2) is 4.68 Å². The number of likely N-dealkylation sites (tertiary alicyclic amines) is 1. The summed E-state index contributed by atoms with van der Waals surface area (Å²) in [5.74, 6) is 0.747. The van der Waals surface area contributed by atoms with E-state index < -0.39 is 0 Å². The van der Waals surface area contributed by atoms with Crippen molar-refractivity contribution in [2.24, 2.45) is 11.1 Å². The second-order valence-corrected chi connectivity index (χ2v) is 6.95. The van der Waals surface area contributed by atoms with Gasteiger partial charge < -0.3 is 15.4 Å². The third-order valence-corrected chi connectivity index (χ3v) is 4.74. The monoisotopic (exact) mass is 328 g/mol. The first-order valence-electron chi connectivity index (χ1n) is 8.16. The first-order valence-corrected chi connectivity index (χ1v) is 8.16. The van der Waals surface area contributed by atoms with Crippen LogP contribution in [0.2, 0.25) is 0 Å². The normalized spacial score (nSPS) is 20.0. The van der Waals surface area contributed by atoms with Crippen LogP contribution in [-0.2, 0) is 0 Å². The summed E-state index contributed by atoms with van der Waals surface area (Å²) in [6.45, 7) is 5.54. The Morgan fingerprint density at radius 1 is 1.29 bits per heavy atom. The van der Waals surface area contributed by atoms with Gasteiger partial charge in [-0.05, 0) is 42.2 Å². The van der Waals surface area contributed by atoms with Crippen molar-refractivity contribution in [1.82, 2.24) is 14.7 Å². The molecule has 128 valence electrons. The van der Waals surface area contributed by atoms with E-state index in [1.165, 1.54) is 0 Å². The Morgan fingerprint density at radius 3 is 2.62 bits per heavy atom. The van der Waals surface area contributed by atoms with Crippen LogP contribution in [0.5, 0.6) is 5.75 Å². The van der Waals surface area contributed by atoms with Gasteiger partial charge in [0.05, 0.1) is 12.8 Å². The molecule has 1 aliphatic rings. The molecule has 6 nitrogen and oxygen atoms in total. The molecule has 1 unspecified atom stereocenters. The molecule has 2 heterocycles. The van der Waals surface area contributed by atoms with Crippen molar-refractivity contribution < 1.29 is 9.53 Å². The van der Waals surface area contributed by atoms with E-state index in [4.69, 9.17) is 10.5 Å². The van der Waals surface area contributed by atoms with Gasteiger partial charge in [-0.3, -0.25) is 4.79 Å². The maximum Gasteiger partial charge on any atom is 0.274 e. The Kier molecular flexibility index (Phi) is 4.32. The number of nitrogens with zero attached hydrogens (tertiary/aromatic N) is 3. The smallest absolute Gasteiger partial charge is 0.274 e. The summed E-state index contributed by atoms with van der Waals surface area (Å²) in [5.41, 5.74) is 7.41. The minimum absolute atomic E-state index is 0.0396. The summed E-state index contributed by atoms with van der Waals surface area (Å²) >= 11 is 0. The number of rotatable bonds is 3. The highest BCUT2D eigenvalue weighted by molar-refractivity contribution is 5.92. The number of ether oxygens (including phenoxy) is 1. The molecule has 6 heteroatoms. The molecule has 1 aromatic carbocycles. The summed E-state index contributed by atoms with van der Waals surface area (Å²) in [7, 11) is 1.63. The van der Waals surface area contributed by atoms with Gasteiger partial charge >= 0.3 is 0 Å². The van der Waals surface area contributed by atoms with Gasteiger partial charge in [0.1, 0.15) is 5.75 Å². The SMILES string of the molecule is COc1ccc(-n2ccc(C(=O)N3CCC(N)C(C)(C)C3)n2)cc1. The van der Waals surface area contributed by atoms with Gasteiger partial charge in [0.25, 0.3) is 5.91 Å². The molecule has 0 spiro atoms. The van der Waals surface area contributed by atoms with Crippen LogP contribution in [0.25, 0.3) is 5.69 Å². The van der Waals surface area contributed by atoms with E-state index in [-0.39, 0.29) is 17.4 Å². The van der Waals surface area contributed by atoms with Gasteiger partial charge in [0.2, 0.25) is 0 Å². The standard InChI is InChI=1S/C18H24N4O2/c1-18(2)12-21(10-9-16(18)19)17(23)15-8-11-22(20-15)13-4-6-14(24-3)7-5-13/h4-8,11,16H,9-10,12,19H2,1-3H3. The fraction of sp³-hybridized carbons (Fsp3) is 0.444. The lowest BCUT2D eigenvalue weighted by atomic mass is 9.79. The van der Waals surface area contributed by atoms with Crippen LogP contribution in [0.15, 0.2) is 36.5 Å². The molecule has 1 amide bonds. The Hall–Kier alpha value is -2.34. The predicted molar refractivity (Wildman–Crippen MR) is 92.4 cm³/mol. The molecular formula is C18H24N4O2. The molecule has 0 radical (unpaired) electrons. The molecule has 0 saturated carbocycles. The van der Waals surface area contributed by atoms with Crippen LogP contribution < -0.4 is 10.5 Å². The van der Waals surface area contributed by atoms with Gasteiger partial charge in [-0.15, -0.1) is 0 Å². The molecule has 1 atom stereocenters. The number of carbonyl (C=O) groups is 1. The fourth-order valence-electron chi connectivity index (χ4n) is 3.03. The first-order chi connectivity index (χ1) is 11.4. The van der Waals surface area contributed by atoms with Crippen LogP contribution in [0, 0.1) is 5.41 Å². The van der Waals surface area contributed by atoms with E-state index in [0.717, 1.165) is 17.9 Å². The van der Waals surface area contributed by atoms with Gasteiger partial charge in [-0.2, -0.15) is 5.10 Å². The van der Waals surface area contributed by atoms with E-state index >= 15 is 0 Å². The number of carbonyl (C=O) groups excluding carboxylic acids is 1. The van der Waals surface area contributed by atoms with Crippen molar-refractivity contribution in [3.05, 3.63) is 42.2 Å². The number of methoxy groups -OCH3 is 1. The van der Waals surface area contributed by atoms with Crippen LogP contribution in [0.1, 0.15) is 30.8 Å². The molecule has 3 rings (SSSR count). The van der Waals surface area contributed by atoms with E-state index in [1.807, 2.05) is 29.2 Å². The fourth-order valence-corrected chi connectivity index (χ4v) is 3.03. The number of hydrogen-bond donors (Lipinski definition) is 1. The lowest BCUT2D eigenvalue weighted by Gasteiger charge is -2.42. The topological polar surface area (TPSA) is 73.4 Å². The van der Waals surface area contributed by atoms with Gasteiger partial charge in [0, 0.05) is 25.3 Å². The number of nitrogens with two attached hydrogens (primary N) is 1. The van der Waals surface area contributed by atoms with Crippen LogP contribution >= 0.6 is 0 Å². The minimum Gasteiger partial charge on any atom is -0.497 e. The Balaban J connectivity index is 1.76. The van der Waals surface area contributed by atoms with Crippen LogP contribution in [-0.4, -0.2) is 46.8 Å². The summed E-state index contributed by atoms with van der Waals surface area (Å²) < 4.78 is 6.86. The molecule has 24 heavy (non-hydrogen) atoms. The van der Waals surface area contributed by atoms with E-state index in [9.17, 15) is 4.79 Å². The zero-order chi connectivity index (χ0) is 17.3. The summed E-state index contributed by atoms with van der Waals surface area (Å²) in [6.07, 6.45) is 2.62. The Morgan fingerprint density at radius 2 is 2.00 bits per heavy atom. The van der Waals surface area contributed by atoms with Crippen molar-refractivity contribution >= 4 is 5.91 Å². The molecule has 1 aliphatic heterocycles. The van der Waals surface area contributed by atoms with Crippen molar-refractivity contribution in [3.63, 3.8) is 0 Å². The quantitative estimate of drug-likeness (QED) is 0.936. The maximum atomic E-state index is 12.7. The molecule has 1 fully saturated rings. The zero-order valence-corrected chi connectivity index (χ0v) is 14.4. The van der Waals surface area contributed by atoms with E-state index in [2.05, 4.69) is 18.9 Å². The van der Waals surface area contributed by atoms with E-state index in [1.54, 1.807) is 24.1 Å². The third kappa shape index (κ3) is 3.14. The highest BCUT2D eigenvalue weighted by atomic mass is 16.5. The molecule has 0 bridgehead atoms. The highest BCUT2D eigenvalue weighted by Crippen LogP contribution is 2.28. The first kappa shape index (κ1) is 16.5. The van der Waals surface area contributed by atoms with Crippen molar-refractivity contribution in [2.45, 2.75) is 26.3 Å². The molecule has 1 saturated heterocycles. The summed E-state index contributed by atoms with van der Waals surface area (Å²) in [4.78, 5) is 14.6. The second-order valence-electron chi connectivity index (χ2n) is 6.95. The molecule has 2 aromatic rings. The van der Waals surface area contributed by atoms with Gasteiger partial charge in [-0.1, -0.05) is 13.8 Å². The molecular weight excluding hydrogens is 304 g/mol. The highest BCUT2D eigenvalue weighted by Gasteiger charge is 2.36. The van der Waals surface area contributed by atoms with Crippen LogP contribution in [0.3, 0.4) is 0 Å². The number of hydrogen-bond acceptors (Lipinski definition) is 4. The van der Waals surface area contributed by atoms with Gasteiger partial charge in [0.15, 0.2) is 5.69 Å². The number of benzene rings is 1. The lowest BCUT2D eigenvalue weighted by molar-refractivity contribution is 0.0527. The average Bonchev–Trinajstić information content (AvgIpc) is 3.06. The van der Waals surface area contributed by atoms with Crippen molar-refractivity contribution in [1.29, 1.82) is 0 Å². The second kappa shape index (κ2) is 6.28. The summed E-state index contributed by atoms with van der Waals surface area (Å²) in [5, 5.41) is 4.43. The molecule has 1 aromatic heterocycles. The molecule has 0 aliphatic carbocycles. The maximum absolute atomic E-state index is 12.7. The summed E-state index contributed by atoms with van der Waals surface area (Å²) in [6, 6.07) is 9.43. The number of amides is 1. The Labute approximate surface area is 142 Å². The average molecular weight is 328 g/mol. The predicted octanol–water partition coefficient (Wildman–Crippen LogP) is 2.08. The Bertz CT molecular complexity index is 721. The number of aromatic nitrogens is 2. The lowest BCUT2D eigenvalue weighted by Crippen LogP contribution is -2.54. The zero-order valence-electron chi connectivity index (χ0n) is 14.4. The largest absolute Gasteiger partial charge is 0.497 e. The van der Waals surface area contributed by atoms with Crippen molar-refractivity contribution in [3.8, 4) is 11.4 Å². The van der Waals surface area contributed by atoms with Crippen molar-refractivity contribution in [2.75, 3.05) is 20.2 Å². The number of piperidine rings is 1. The molecule has 2 N–H and O–H groups in total. The third-order valence-electron chi connectivity index (χ3n) is 4.74. The minimum atomic E-state index is -0.0769. The van der Waals surface area contributed by atoms with E-state index in [0.29, 0.717) is 18.8 Å².